The van der Waals surface area contributed by atoms with Crippen LogP contribution in [0.4, 0.5) is 0 Å². The molecule has 0 aromatic carbocycles. The van der Waals surface area contributed by atoms with Crippen LogP contribution in [0, 0.1) is 0 Å². The van der Waals surface area contributed by atoms with Crippen molar-refractivity contribution >= 4 is 5.91 Å². The molecular weight excluding hydrogens is 196 g/mol. The van der Waals surface area contributed by atoms with E-state index in [2.05, 4.69) is 0 Å². The van der Waals surface area contributed by atoms with Crippen LogP contribution in [-0.4, -0.2) is 40.7 Å². The smallest absolute Gasteiger partial charge is 0.263 e. The number of nitrogens with zero attached hydrogens (tertiary/aromatic N) is 2. The number of hydrogen-bond acceptors (Lipinski definition) is 3. The lowest BCUT2D eigenvalue weighted by Crippen LogP contribution is -2.35. The number of amides is 1. The molecule has 1 amide bonds. The molecule has 0 aliphatic heterocycles. The van der Waals surface area contributed by atoms with E-state index in [0.29, 0.717) is 0 Å². The van der Waals surface area contributed by atoms with Crippen molar-refractivity contribution in [3.8, 4) is 0 Å². The van der Waals surface area contributed by atoms with Crippen LogP contribution in [0.15, 0.2) is 23.1 Å². The topological polar surface area (TPSA) is 62.5 Å². The highest BCUT2D eigenvalue weighted by atomic mass is 16.3. The molecule has 1 aromatic rings. The molecule has 0 aliphatic rings. The van der Waals surface area contributed by atoms with Crippen LogP contribution in [0.2, 0.25) is 0 Å². The van der Waals surface area contributed by atoms with Gasteiger partial charge in [-0.15, -0.1) is 0 Å². The van der Waals surface area contributed by atoms with Crippen LogP contribution in [0.3, 0.4) is 0 Å². The van der Waals surface area contributed by atoms with E-state index in [4.69, 9.17) is 5.11 Å². The first kappa shape index (κ1) is 11.5. The van der Waals surface area contributed by atoms with Crippen molar-refractivity contribution in [2.75, 3.05) is 20.2 Å². The second kappa shape index (κ2) is 4.75. The fraction of sp³-hybridized carbons (Fsp3) is 0.400. The minimum Gasteiger partial charge on any atom is -0.395 e. The van der Waals surface area contributed by atoms with E-state index in [1.54, 1.807) is 26.4 Å². The third-order valence-electron chi connectivity index (χ3n) is 2.14. The average molecular weight is 210 g/mol. The van der Waals surface area contributed by atoms with E-state index < -0.39 is 0 Å². The summed E-state index contributed by atoms with van der Waals surface area (Å²) in [5.74, 6) is -0.370. The third kappa shape index (κ3) is 2.44. The highest BCUT2D eigenvalue weighted by Crippen LogP contribution is 1.96. The number of likely N-dealkylation sites (N-methyl/N-ethyl adjacent to an activating group) is 1. The quantitative estimate of drug-likeness (QED) is 0.728. The van der Waals surface area contributed by atoms with Gasteiger partial charge in [-0.3, -0.25) is 9.59 Å². The predicted molar refractivity (Wildman–Crippen MR) is 55.7 cm³/mol. The van der Waals surface area contributed by atoms with Gasteiger partial charge in [0.15, 0.2) is 0 Å². The summed E-state index contributed by atoms with van der Waals surface area (Å²) in [7, 11) is 3.14. The Kier molecular flexibility index (Phi) is 3.62. The van der Waals surface area contributed by atoms with Crippen molar-refractivity contribution in [2.45, 2.75) is 0 Å². The van der Waals surface area contributed by atoms with E-state index in [-0.39, 0.29) is 30.2 Å². The monoisotopic (exact) mass is 210 g/mol. The van der Waals surface area contributed by atoms with Crippen molar-refractivity contribution < 1.29 is 9.90 Å². The minimum atomic E-state index is -0.370. The summed E-state index contributed by atoms with van der Waals surface area (Å²) in [6.45, 7) is 0.103. The molecule has 0 saturated carbocycles. The van der Waals surface area contributed by atoms with E-state index >= 15 is 0 Å². The molecule has 0 radical (unpaired) electrons. The van der Waals surface area contributed by atoms with E-state index in [0.717, 1.165) is 0 Å². The lowest BCUT2D eigenvalue weighted by atomic mass is 10.2. The molecule has 0 atom stereocenters. The summed E-state index contributed by atoms with van der Waals surface area (Å²) in [6.07, 6.45) is 1.59. The van der Waals surface area contributed by atoms with Gasteiger partial charge in [0.25, 0.3) is 11.5 Å². The van der Waals surface area contributed by atoms with Crippen molar-refractivity contribution in [1.82, 2.24) is 9.47 Å². The maximum atomic E-state index is 11.7. The van der Waals surface area contributed by atoms with Gasteiger partial charge >= 0.3 is 0 Å². The van der Waals surface area contributed by atoms with Crippen LogP contribution in [-0.2, 0) is 7.05 Å². The molecule has 0 spiro atoms. The van der Waals surface area contributed by atoms with Crippen molar-refractivity contribution in [2.24, 2.45) is 7.05 Å². The van der Waals surface area contributed by atoms with Gasteiger partial charge in [-0.1, -0.05) is 0 Å². The summed E-state index contributed by atoms with van der Waals surface area (Å²) in [5.41, 5.74) is -0.205. The van der Waals surface area contributed by atoms with E-state index in [1.165, 1.54) is 15.5 Å². The summed E-state index contributed by atoms with van der Waals surface area (Å²) < 4.78 is 1.35. The summed E-state index contributed by atoms with van der Waals surface area (Å²) in [5, 5.41) is 8.68. The van der Waals surface area contributed by atoms with Crippen LogP contribution in [0.25, 0.3) is 0 Å². The van der Waals surface area contributed by atoms with Gasteiger partial charge in [0.05, 0.1) is 6.61 Å². The molecule has 1 aromatic heterocycles. The third-order valence-corrected chi connectivity index (χ3v) is 2.14. The molecule has 1 N–H and O–H groups in total. The number of pyridine rings is 1. The molecule has 0 unspecified atom stereocenters. The molecule has 0 saturated heterocycles. The number of aromatic nitrogens is 1. The largest absolute Gasteiger partial charge is 0.395 e. The Labute approximate surface area is 87.6 Å². The van der Waals surface area contributed by atoms with Gasteiger partial charge in [0.2, 0.25) is 0 Å². The Morgan fingerprint density at radius 3 is 2.87 bits per heavy atom. The number of aliphatic hydroxyl groups is 1. The van der Waals surface area contributed by atoms with Gasteiger partial charge in [-0.25, -0.2) is 0 Å². The van der Waals surface area contributed by atoms with Gasteiger partial charge in [-0.2, -0.15) is 0 Å². The fourth-order valence-corrected chi connectivity index (χ4v) is 1.22. The lowest BCUT2D eigenvalue weighted by Gasteiger charge is -2.15. The lowest BCUT2D eigenvalue weighted by molar-refractivity contribution is 0.0764. The number of rotatable bonds is 3. The average Bonchev–Trinajstić information content (AvgIpc) is 2.21. The summed E-state index contributed by atoms with van der Waals surface area (Å²) >= 11 is 0. The highest BCUT2D eigenvalue weighted by molar-refractivity contribution is 5.93. The van der Waals surface area contributed by atoms with Crippen LogP contribution >= 0.6 is 0 Å². The molecule has 0 aliphatic carbocycles. The van der Waals surface area contributed by atoms with Gasteiger partial charge in [0, 0.05) is 26.8 Å². The Morgan fingerprint density at radius 2 is 2.27 bits per heavy atom. The van der Waals surface area contributed by atoms with Gasteiger partial charge < -0.3 is 14.6 Å². The maximum Gasteiger partial charge on any atom is 0.263 e. The zero-order valence-electron chi connectivity index (χ0n) is 8.80. The Bertz CT molecular complexity index is 411. The Morgan fingerprint density at radius 1 is 1.60 bits per heavy atom. The normalized spacial score (nSPS) is 10.1. The molecule has 5 nitrogen and oxygen atoms in total. The second-order valence-electron chi connectivity index (χ2n) is 3.29. The van der Waals surface area contributed by atoms with Crippen LogP contribution in [0.5, 0.6) is 0 Å². The van der Waals surface area contributed by atoms with Crippen molar-refractivity contribution in [3.05, 3.63) is 34.2 Å². The highest BCUT2D eigenvalue weighted by Gasteiger charge is 2.14. The maximum absolute atomic E-state index is 11.7. The number of aryl methyl sites for hydroxylation is 1. The molecule has 82 valence electrons. The molecule has 15 heavy (non-hydrogen) atoms. The van der Waals surface area contributed by atoms with Crippen molar-refractivity contribution in [3.63, 3.8) is 0 Å². The van der Waals surface area contributed by atoms with Crippen LogP contribution < -0.4 is 5.56 Å². The minimum absolute atomic E-state index is 0.116. The SMILES string of the molecule is CN(CCO)C(=O)c1cccn(C)c1=O. The second-order valence-corrected chi connectivity index (χ2v) is 3.29. The van der Waals surface area contributed by atoms with Crippen molar-refractivity contribution in [1.29, 1.82) is 0 Å². The first-order valence-electron chi connectivity index (χ1n) is 4.60. The number of carbonyl (C=O) groups excluding carboxylic acids is 1. The molecular formula is C10H14N2O3. The summed E-state index contributed by atoms with van der Waals surface area (Å²) in [4.78, 5) is 24.6. The Balaban J connectivity index is 3.02. The number of carbonyl (C=O) groups is 1. The number of aliphatic hydroxyl groups excluding tert-OH is 1. The number of hydrogen-bond donors (Lipinski definition) is 1. The first-order valence-corrected chi connectivity index (χ1v) is 4.60. The Hall–Kier alpha value is -1.62. The first-order chi connectivity index (χ1) is 7.07. The zero-order valence-corrected chi connectivity index (χ0v) is 8.80. The van der Waals surface area contributed by atoms with Crippen LogP contribution in [0.1, 0.15) is 10.4 Å². The van der Waals surface area contributed by atoms with E-state index in [1.807, 2.05) is 0 Å². The molecule has 0 fully saturated rings. The fourth-order valence-electron chi connectivity index (χ4n) is 1.22. The molecule has 1 heterocycles. The molecule has 5 heteroatoms. The van der Waals surface area contributed by atoms with E-state index in [9.17, 15) is 9.59 Å². The summed E-state index contributed by atoms with van der Waals surface area (Å²) in [6, 6.07) is 3.12. The standard InChI is InChI=1S/C10H14N2O3/c1-11-5-3-4-8(9(11)14)10(15)12(2)6-7-13/h3-5,13H,6-7H2,1-2H3. The molecule has 1 rings (SSSR count). The van der Waals surface area contributed by atoms with Gasteiger partial charge in [0.1, 0.15) is 5.56 Å². The molecule has 0 bridgehead atoms. The van der Waals surface area contributed by atoms with Gasteiger partial charge in [-0.05, 0) is 12.1 Å². The zero-order chi connectivity index (χ0) is 11.4. The predicted octanol–water partition coefficient (Wildman–Crippen LogP) is -0.550.